The molecule has 0 bridgehead atoms. The van der Waals surface area contributed by atoms with Crippen LogP contribution in [-0.4, -0.2) is 17.6 Å². The van der Waals surface area contributed by atoms with Crippen LogP contribution in [0.25, 0.3) is 0 Å². The molecule has 1 aromatic heterocycles. The molecule has 88 valence electrons. The lowest BCUT2D eigenvalue weighted by Gasteiger charge is -2.06. The number of halogens is 4. The van der Waals surface area contributed by atoms with Gasteiger partial charge in [-0.15, -0.1) is 0 Å². The smallest absolute Gasteiger partial charge is 0.357 e. The van der Waals surface area contributed by atoms with E-state index in [1.165, 1.54) is 0 Å². The van der Waals surface area contributed by atoms with E-state index < -0.39 is 34.1 Å². The molecule has 16 heavy (non-hydrogen) atoms. The van der Waals surface area contributed by atoms with Gasteiger partial charge in [-0.2, -0.15) is 0 Å². The van der Waals surface area contributed by atoms with Crippen LogP contribution in [0.15, 0.2) is 10.5 Å². The number of hydrogen-bond acceptors (Lipinski definition) is 3. The maximum Gasteiger partial charge on any atom is 0.357 e. The number of rotatable bonds is 3. The highest BCUT2D eigenvalue weighted by Crippen LogP contribution is 2.28. The summed E-state index contributed by atoms with van der Waals surface area (Å²) in [6.45, 7) is 1.60. The van der Waals surface area contributed by atoms with Crippen molar-refractivity contribution in [3.63, 3.8) is 0 Å². The second-order valence-electron chi connectivity index (χ2n) is 2.71. The topological polar surface area (TPSA) is 39.2 Å². The minimum absolute atomic E-state index is 0.0577. The summed E-state index contributed by atoms with van der Waals surface area (Å²) in [4.78, 5) is 14.5. The van der Waals surface area contributed by atoms with Crippen molar-refractivity contribution in [3.8, 4) is 0 Å². The Balaban J connectivity index is 3.18. The number of nitrogens with zero attached hydrogens (tertiary/aromatic N) is 1. The van der Waals surface area contributed by atoms with Gasteiger partial charge in [-0.05, 0) is 22.9 Å². The van der Waals surface area contributed by atoms with Crippen LogP contribution in [0, 0.1) is 5.82 Å². The molecule has 0 saturated heterocycles. The molecule has 0 N–H and O–H groups in total. The Kier molecular flexibility index (Phi) is 4.28. The largest absolute Gasteiger partial charge is 0.461 e. The van der Waals surface area contributed by atoms with Gasteiger partial charge < -0.3 is 4.74 Å². The highest BCUT2D eigenvalue weighted by molar-refractivity contribution is 9.10. The normalized spacial score (nSPS) is 10.6. The van der Waals surface area contributed by atoms with Crippen molar-refractivity contribution in [3.05, 3.63) is 27.7 Å². The number of hydrogen-bond donors (Lipinski definition) is 0. The summed E-state index contributed by atoms with van der Waals surface area (Å²) in [5.41, 5.74) is -1.29. The highest BCUT2D eigenvalue weighted by atomic mass is 79.9. The SMILES string of the molecule is CCOC(=O)c1cc(F)c(Br)c(C(F)F)n1. The quantitative estimate of drug-likeness (QED) is 0.805. The molecule has 1 aromatic rings. The van der Waals surface area contributed by atoms with E-state index in [1.807, 2.05) is 0 Å². The van der Waals surface area contributed by atoms with E-state index in [0.717, 1.165) is 6.07 Å². The standard InChI is InChI=1S/C9H7BrF3NO2/c1-2-16-9(15)5-3-4(11)6(10)7(14-5)8(12)13/h3,8H,2H2,1H3. The van der Waals surface area contributed by atoms with E-state index in [2.05, 4.69) is 25.7 Å². The highest BCUT2D eigenvalue weighted by Gasteiger charge is 2.21. The number of carbonyl (C=O) groups excluding carboxylic acids is 1. The molecule has 0 spiro atoms. The van der Waals surface area contributed by atoms with Gasteiger partial charge in [-0.1, -0.05) is 0 Å². The van der Waals surface area contributed by atoms with Gasteiger partial charge in [-0.25, -0.2) is 22.9 Å². The number of carbonyl (C=O) groups is 1. The zero-order valence-corrected chi connectivity index (χ0v) is 9.72. The number of pyridine rings is 1. The Morgan fingerprint density at radius 1 is 1.62 bits per heavy atom. The number of ether oxygens (including phenoxy) is 1. The first-order chi connectivity index (χ1) is 7.47. The molecule has 0 aliphatic heterocycles. The van der Waals surface area contributed by atoms with Gasteiger partial charge in [0.25, 0.3) is 6.43 Å². The first kappa shape index (κ1) is 13.0. The molecule has 0 aliphatic carbocycles. The van der Waals surface area contributed by atoms with Gasteiger partial charge in [0, 0.05) is 6.07 Å². The van der Waals surface area contributed by atoms with E-state index in [4.69, 9.17) is 0 Å². The molecule has 0 saturated carbocycles. The molecule has 0 aliphatic rings. The van der Waals surface area contributed by atoms with E-state index >= 15 is 0 Å². The maximum atomic E-state index is 13.2. The van der Waals surface area contributed by atoms with Crippen molar-refractivity contribution < 1.29 is 22.7 Å². The Morgan fingerprint density at radius 2 is 2.25 bits per heavy atom. The van der Waals surface area contributed by atoms with E-state index in [9.17, 15) is 18.0 Å². The molecule has 0 radical (unpaired) electrons. The maximum absolute atomic E-state index is 13.2. The summed E-state index contributed by atoms with van der Waals surface area (Å²) in [5, 5.41) is 0. The van der Waals surface area contributed by atoms with Crippen LogP contribution in [0.5, 0.6) is 0 Å². The molecule has 0 aromatic carbocycles. The summed E-state index contributed by atoms with van der Waals surface area (Å²) in [6, 6.07) is 0.744. The fraction of sp³-hybridized carbons (Fsp3) is 0.333. The lowest BCUT2D eigenvalue weighted by molar-refractivity contribution is 0.0517. The lowest BCUT2D eigenvalue weighted by atomic mass is 10.3. The Labute approximate surface area is 97.8 Å². The van der Waals surface area contributed by atoms with Gasteiger partial charge >= 0.3 is 5.97 Å². The zero-order chi connectivity index (χ0) is 12.3. The van der Waals surface area contributed by atoms with Crippen LogP contribution < -0.4 is 0 Å². The van der Waals surface area contributed by atoms with E-state index in [0.29, 0.717) is 0 Å². The summed E-state index contributed by atoms with van der Waals surface area (Å²) in [5.74, 6) is -1.91. The predicted molar refractivity (Wildman–Crippen MR) is 52.8 cm³/mol. The van der Waals surface area contributed by atoms with Crippen LogP contribution in [-0.2, 0) is 4.74 Å². The number of alkyl halides is 2. The fourth-order valence-electron chi connectivity index (χ4n) is 0.971. The minimum atomic E-state index is -2.97. The Hall–Kier alpha value is -1.11. The fourth-order valence-corrected chi connectivity index (χ4v) is 1.35. The van der Waals surface area contributed by atoms with E-state index in [1.54, 1.807) is 6.92 Å². The van der Waals surface area contributed by atoms with Crippen LogP contribution in [0.3, 0.4) is 0 Å². The van der Waals surface area contributed by atoms with Crippen molar-refractivity contribution in [1.29, 1.82) is 0 Å². The van der Waals surface area contributed by atoms with E-state index in [-0.39, 0.29) is 6.61 Å². The van der Waals surface area contributed by atoms with Gasteiger partial charge in [0.15, 0.2) is 5.69 Å². The summed E-state index contributed by atoms with van der Waals surface area (Å²) in [7, 11) is 0. The molecular weight excluding hydrogens is 291 g/mol. The molecule has 0 atom stereocenters. The Bertz CT molecular complexity index is 412. The first-order valence-corrected chi connectivity index (χ1v) is 5.07. The second-order valence-corrected chi connectivity index (χ2v) is 3.50. The molecule has 1 heterocycles. The minimum Gasteiger partial charge on any atom is -0.461 e. The van der Waals surface area contributed by atoms with Crippen molar-refractivity contribution in [2.75, 3.05) is 6.61 Å². The zero-order valence-electron chi connectivity index (χ0n) is 8.14. The summed E-state index contributed by atoms with van der Waals surface area (Å²) >= 11 is 2.63. The van der Waals surface area contributed by atoms with Crippen LogP contribution in [0.1, 0.15) is 29.5 Å². The monoisotopic (exact) mass is 297 g/mol. The van der Waals surface area contributed by atoms with Gasteiger partial charge in [-0.3, -0.25) is 0 Å². The third-order valence-corrected chi connectivity index (χ3v) is 2.42. The summed E-state index contributed by atoms with van der Waals surface area (Å²) < 4.78 is 42.1. The van der Waals surface area contributed by atoms with Crippen LogP contribution >= 0.6 is 15.9 Å². The molecule has 0 fully saturated rings. The first-order valence-electron chi connectivity index (χ1n) is 4.28. The molecule has 1 rings (SSSR count). The van der Waals surface area contributed by atoms with Crippen LogP contribution in [0.4, 0.5) is 13.2 Å². The molecule has 0 unspecified atom stereocenters. The van der Waals surface area contributed by atoms with Crippen molar-refractivity contribution in [1.82, 2.24) is 4.98 Å². The molecular formula is C9H7BrF3NO2. The van der Waals surface area contributed by atoms with Crippen molar-refractivity contribution >= 4 is 21.9 Å². The predicted octanol–water partition coefficient (Wildman–Crippen LogP) is 3.10. The number of esters is 1. The third-order valence-electron chi connectivity index (χ3n) is 1.63. The van der Waals surface area contributed by atoms with Gasteiger partial charge in [0.1, 0.15) is 11.5 Å². The number of aromatic nitrogens is 1. The summed E-state index contributed by atoms with van der Waals surface area (Å²) in [6.07, 6.45) is -2.97. The molecule has 0 amide bonds. The van der Waals surface area contributed by atoms with Crippen LogP contribution in [0.2, 0.25) is 0 Å². The van der Waals surface area contributed by atoms with Crippen molar-refractivity contribution in [2.45, 2.75) is 13.3 Å². The molecule has 7 heteroatoms. The second kappa shape index (κ2) is 5.29. The average Bonchev–Trinajstić information content (AvgIpc) is 2.21. The lowest BCUT2D eigenvalue weighted by Crippen LogP contribution is -2.10. The van der Waals surface area contributed by atoms with Gasteiger partial charge in [0.05, 0.1) is 11.1 Å². The molecule has 3 nitrogen and oxygen atoms in total. The average molecular weight is 298 g/mol. The third kappa shape index (κ3) is 2.72. The Morgan fingerprint density at radius 3 is 2.75 bits per heavy atom. The van der Waals surface area contributed by atoms with Crippen molar-refractivity contribution in [2.24, 2.45) is 0 Å². The van der Waals surface area contributed by atoms with Gasteiger partial charge in [0.2, 0.25) is 0 Å².